The average molecular weight is 461 g/mol. The second-order valence-electron chi connectivity index (χ2n) is 7.11. The molecule has 1 aliphatic rings. The Morgan fingerprint density at radius 2 is 2.12 bits per heavy atom. The van der Waals surface area contributed by atoms with Crippen LogP contribution in [0.25, 0.3) is 10.9 Å². The van der Waals surface area contributed by atoms with Crippen LogP contribution in [0.4, 0.5) is 20.3 Å². The number of likely N-dealkylation sites (tertiary alicyclic amines) is 1. The van der Waals surface area contributed by atoms with Gasteiger partial charge in [0, 0.05) is 24.4 Å². The number of carbonyl (C=O) groups excluding carboxylic acids is 1. The van der Waals surface area contributed by atoms with Crippen molar-refractivity contribution in [3.8, 4) is 11.5 Å². The number of amides is 1. The molecule has 0 aliphatic carbocycles. The van der Waals surface area contributed by atoms with Crippen molar-refractivity contribution in [1.82, 2.24) is 14.9 Å². The van der Waals surface area contributed by atoms with Crippen LogP contribution in [0.2, 0.25) is 5.02 Å². The molecule has 4 rings (SSSR count). The zero-order valence-electron chi connectivity index (χ0n) is 17.1. The number of hydrogen-bond donors (Lipinski definition) is 1. The molecule has 1 atom stereocenters. The second-order valence-corrected chi connectivity index (χ2v) is 7.49. The standard InChI is InChI=1S/C22H19ClF2N4O3/c1-3-19(30)29-7-6-12(10-29)32-18-8-13-16(9-17(18)31-2)26-11-27-22(13)28-15-5-4-14(24)20(23)21(15)25/h3-5,8-9,11-12H,1,6-7,10H2,2H3,(H,26,27,28)/t12-/m1/s1. The molecule has 1 amide bonds. The molecule has 0 saturated carbocycles. The third-order valence-corrected chi connectivity index (χ3v) is 5.48. The lowest BCUT2D eigenvalue weighted by molar-refractivity contribution is -0.125. The Labute approximate surface area is 187 Å². The van der Waals surface area contributed by atoms with Crippen LogP contribution in [0.5, 0.6) is 11.5 Å². The number of methoxy groups -OCH3 is 1. The van der Waals surface area contributed by atoms with Gasteiger partial charge in [-0.15, -0.1) is 0 Å². The van der Waals surface area contributed by atoms with Crippen LogP contribution in [0.3, 0.4) is 0 Å². The summed E-state index contributed by atoms with van der Waals surface area (Å²) in [6.45, 7) is 4.49. The Morgan fingerprint density at radius 1 is 1.31 bits per heavy atom. The maximum atomic E-state index is 14.4. The summed E-state index contributed by atoms with van der Waals surface area (Å²) in [5, 5.41) is 2.75. The molecule has 7 nitrogen and oxygen atoms in total. The fourth-order valence-corrected chi connectivity index (χ4v) is 3.66. The highest BCUT2D eigenvalue weighted by atomic mass is 35.5. The van der Waals surface area contributed by atoms with E-state index in [-0.39, 0.29) is 23.5 Å². The third-order valence-electron chi connectivity index (χ3n) is 5.13. The first-order valence-electron chi connectivity index (χ1n) is 9.72. The predicted molar refractivity (Wildman–Crippen MR) is 117 cm³/mol. The normalized spacial score (nSPS) is 15.6. The van der Waals surface area contributed by atoms with Gasteiger partial charge in [-0.25, -0.2) is 18.7 Å². The van der Waals surface area contributed by atoms with Crippen LogP contribution < -0.4 is 14.8 Å². The zero-order valence-corrected chi connectivity index (χ0v) is 17.8. The van der Waals surface area contributed by atoms with Crippen LogP contribution in [0.15, 0.2) is 43.2 Å². The largest absolute Gasteiger partial charge is 0.493 e. The number of fused-ring (bicyclic) bond motifs is 1. The molecule has 32 heavy (non-hydrogen) atoms. The number of anilines is 2. The van der Waals surface area contributed by atoms with E-state index in [1.807, 2.05) is 0 Å². The quantitative estimate of drug-likeness (QED) is 0.432. The first-order valence-corrected chi connectivity index (χ1v) is 10.1. The molecule has 10 heteroatoms. The van der Waals surface area contributed by atoms with Gasteiger partial charge in [-0.05, 0) is 24.3 Å². The summed E-state index contributed by atoms with van der Waals surface area (Å²) in [5.41, 5.74) is 0.485. The molecule has 1 aliphatic heterocycles. The minimum absolute atomic E-state index is 0.0379. The Morgan fingerprint density at radius 3 is 2.88 bits per heavy atom. The molecule has 1 saturated heterocycles. The number of rotatable bonds is 6. The summed E-state index contributed by atoms with van der Waals surface area (Å²) in [4.78, 5) is 21.9. The fourth-order valence-electron chi connectivity index (χ4n) is 3.50. The van der Waals surface area contributed by atoms with Gasteiger partial charge in [0.2, 0.25) is 5.91 Å². The van der Waals surface area contributed by atoms with E-state index < -0.39 is 16.7 Å². The number of nitrogens with zero attached hydrogens (tertiary/aromatic N) is 3. The first-order chi connectivity index (χ1) is 15.4. The molecule has 0 unspecified atom stereocenters. The van der Waals surface area contributed by atoms with Crippen LogP contribution in [0.1, 0.15) is 6.42 Å². The summed E-state index contributed by atoms with van der Waals surface area (Å²) in [7, 11) is 1.51. The van der Waals surface area contributed by atoms with Crippen molar-refractivity contribution in [3.05, 3.63) is 59.9 Å². The monoisotopic (exact) mass is 460 g/mol. The summed E-state index contributed by atoms with van der Waals surface area (Å²) in [6, 6.07) is 5.64. The number of nitrogens with one attached hydrogen (secondary N) is 1. The van der Waals surface area contributed by atoms with E-state index >= 15 is 0 Å². The lowest BCUT2D eigenvalue weighted by Gasteiger charge is -2.18. The maximum Gasteiger partial charge on any atom is 0.246 e. The molecule has 0 bridgehead atoms. The molecule has 0 spiro atoms. The molecule has 3 aromatic rings. The molecular formula is C22H19ClF2N4O3. The van der Waals surface area contributed by atoms with Crippen LogP contribution in [0, 0.1) is 11.6 Å². The first kappa shape index (κ1) is 21.8. The Kier molecular flexibility index (Phi) is 6.09. The molecule has 1 fully saturated rings. The smallest absolute Gasteiger partial charge is 0.246 e. The minimum Gasteiger partial charge on any atom is -0.493 e. The molecule has 2 heterocycles. The molecule has 1 aromatic heterocycles. The Hall–Kier alpha value is -3.46. The van der Waals surface area contributed by atoms with Crippen molar-refractivity contribution in [2.24, 2.45) is 0 Å². The van der Waals surface area contributed by atoms with E-state index in [0.29, 0.717) is 41.9 Å². The van der Waals surface area contributed by atoms with Crippen molar-refractivity contribution in [2.75, 3.05) is 25.5 Å². The number of ether oxygens (including phenoxy) is 2. The molecule has 166 valence electrons. The van der Waals surface area contributed by atoms with Gasteiger partial charge in [-0.1, -0.05) is 18.2 Å². The Bertz CT molecular complexity index is 1210. The number of hydrogen-bond acceptors (Lipinski definition) is 6. The summed E-state index contributed by atoms with van der Waals surface area (Å²) in [5.74, 6) is -0.787. The van der Waals surface area contributed by atoms with Gasteiger partial charge in [0.05, 0.1) is 24.9 Å². The van der Waals surface area contributed by atoms with E-state index in [4.69, 9.17) is 21.1 Å². The third kappa shape index (κ3) is 4.16. The topological polar surface area (TPSA) is 76.6 Å². The molecular weight excluding hydrogens is 442 g/mol. The highest BCUT2D eigenvalue weighted by Crippen LogP contribution is 2.37. The average Bonchev–Trinajstić information content (AvgIpc) is 3.27. The highest BCUT2D eigenvalue weighted by Gasteiger charge is 2.27. The summed E-state index contributed by atoms with van der Waals surface area (Å²) in [6.07, 6.45) is 2.99. The van der Waals surface area contributed by atoms with Crippen LogP contribution >= 0.6 is 11.6 Å². The number of carbonyl (C=O) groups is 1. The number of aromatic nitrogens is 2. The lowest BCUT2D eigenvalue weighted by Crippen LogP contribution is -2.29. The molecule has 0 radical (unpaired) electrons. The summed E-state index contributed by atoms with van der Waals surface area (Å²) >= 11 is 5.68. The van der Waals surface area contributed by atoms with Crippen molar-refractivity contribution < 1.29 is 23.0 Å². The minimum atomic E-state index is -0.929. The van der Waals surface area contributed by atoms with Crippen LogP contribution in [-0.4, -0.2) is 47.1 Å². The number of halogens is 3. The van der Waals surface area contributed by atoms with Gasteiger partial charge < -0.3 is 19.7 Å². The van der Waals surface area contributed by atoms with E-state index in [9.17, 15) is 13.6 Å². The second kappa shape index (κ2) is 8.96. The maximum absolute atomic E-state index is 14.4. The highest BCUT2D eigenvalue weighted by molar-refractivity contribution is 6.31. The predicted octanol–water partition coefficient (Wildman–Crippen LogP) is 4.48. The SMILES string of the molecule is C=CC(=O)N1CC[C@@H](Oc2cc3c(Nc4ccc(F)c(Cl)c4F)ncnc3cc2OC)C1. The van der Waals surface area contributed by atoms with Gasteiger partial charge in [0.15, 0.2) is 17.3 Å². The lowest BCUT2D eigenvalue weighted by atomic mass is 10.2. The summed E-state index contributed by atoms with van der Waals surface area (Å²) < 4.78 is 39.4. The van der Waals surface area contributed by atoms with Gasteiger partial charge in [0.1, 0.15) is 29.1 Å². The van der Waals surface area contributed by atoms with E-state index in [1.54, 1.807) is 17.0 Å². The van der Waals surface area contributed by atoms with E-state index in [0.717, 1.165) is 6.07 Å². The van der Waals surface area contributed by atoms with Gasteiger partial charge in [-0.3, -0.25) is 4.79 Å². The van der Waals surface area contributed by atoms with E-state index in [1.165, 1.54) is 25.6 Å². The van der Waals surface area contributed by atoms with E-state index in [2.05, 4.69) is 21.9 Å². The van der Waals surface area contributed by atoms with Gasteiger partial charge in [0.25, 0.3) is 0 Å². The van der Waals surface area contributed by atoms with Gasteiger partial charge >= 0.3 is 0 Å². The molecule has 1 N–H and O–H groups in total. The zero-order chi connectivity index (χ0) is 22.8. The van der Waals surface area contributed by atoms with Gasteiger partial charge in [-0.2, -0.15) is 0 Å². The van der Waals surface area contributed by atoms with Crippen molar-refractivity contribution in [1.29, 1.82) is 0 Å². The molecule has 2 aromatic carbocycles. The van der Waals surface area contributed by atoms with Crippen molar-refractivity contribution in [2.45, 2.75) is 12.5 Å². The fraction of sp³-hybridized carbons (Fsp3) is 0.227. The Balaban J connectivity index is 1.67. The van der Waals surface area contributed by atoms with Crippen LogP contribution in [-0.2, 0) is 4.79 Å². The van der Waals surface area contributed by atoms with Crippen molar-refractivity contribution >= 4 is 39.9 Å². The van der Waals surface area contributed by atoms with Crippen molar-refractivity contribution in [3.63, 3.8) is 0 Å². The number of benzene rings is 2.